The molecule has 0 aliphatic rings. The molecule has 1 aromatic carbocycles. The molecule has 0 unspecified atom stereocenters. The van der Waals surface area contributed by atoms with Gasteiger partial charge in [-0.3, -0.25) is 9.78 Å². The van der Waals surface area contributed by atoms with Gasteiger partial charge in [-0.15, -0.1) is 0 Å². The summed E-state index contributed by atoms with van der Waals surface area (Å²) in [4.78, 5) is 18.0. The summed E-state index contributed by atoms with van der Waals surface area (Å²) in [6.45, 7) is 0.857. The normalized spacial score (nSPS) is 9.62. The van der Waals surface area contributed by atoms with Gasteiger partial charge in [0.25, 0.3) is 5.91 Å². The number of hydrogen-bond acceptors (Lipinski definition) is 3. The highest BCUT2D eigenvalue weighted by Crippen LogP contribution is 2.09. The van der Waals surface area contributed by atoms with E-state index in [2.05, 4.69) is 16.8 Å². The third-order valence-corrected chi connectivity index (χ3v) is 2.96. The fourth-order valence-electron chi connectivity index (χ4n) is 1.91. The highest BCUT2D eigenvalue weighted by Gasteiger charge is 2.11. The summed E-state index contributed by atoms with van der Waals surface area (Å²) in [5.74, 6) is 5.69. The largest absolute Gasteiger partial charge is 0.337 e. The molecule has 2 rings (SSSR count). The highest BCUT2D eigenvalue weighted by molar-refractivity contribution is 5.94. The number of amides is 1. The molecular weight excluding hydrogens is 262 g/mol. The molecule has 1 heterocycles. The van der Waals surface area contributed by atoms with Gasteiger partial charge in [0.15, 0.2) is 0 Å². The van der Waals surface area contributed by atoms with Gasteiger partial charge in [0, 0.05) is 37.1 Å². The van der Waals surface area contributed by atoms with Gasteiger partial charge >= 0.3 is 0 Å². The van der Waals surface area contributed by atoms with E-state index in [1.807, 2.05) is 24.3 Å². The second-order valence-corrected chi connectivity index (χ2v) is 4.61. The predicted octanol–water partition coefficient (Wildman–Crippen LogP) is 1.66. The number of carbonyl (C=O) groups excluding carboxylic acids is 1. The van der Waals surface area contributed by atoms with Gasteiger partial charge in [0.1, 0.15) is 0 Å². The second-order valence-electron chi connectivity index (χ2n) is 4.61. The lowest BCUT2D eigenvalue weighted by atomic mass is 10.1. The van der Waals surface area contributed by atoms with Crippen LogP contribution in [-0.4, -0.2) is 29.4 Å². The quantitative estimate of drug-likeness (QED) is 0.869. The summed E-state index contributed by atoms with van der Waals surface area (Å²) in [5, 5.41) is 0. The van der Waals surface area contributed by atoms with E-state index in [1.165, 1.54) is 0 Å². The molecule has 106 valence electrons. The van der Waals surface area contributed by atoms with Crippen molar-refractivity contribution in [2.45, 2.75) is 6.54 Å². The van der Waals surface area contributed by atoms with Gasteiger partial charge in [-0.2, -0.15) is 0 Å². The molecule has 1 aromatic heterocycles. The average Bonchev–Trinajstić information content (AvgIpc) is 2.53. The maximum Gasteiger partial charge on any atom is 0.253 e. The van der Waals surface area contributed by atoms with E-state index in [1.54, 1.807) is 36.5 Å². The van der Waals surface area contributed by atoms with Gasteiger partial charge in [-0.05, 0) is 35.9 Å². The summed E-state index contributed by atoms with van der Waals surface area (Å²) in [7, 11) is 1.78. The van der Waals surface area contributed by atoms with Crippen molar-refractivity contribution in [1.29, 1.82) is 0 Å². The Morgan fingerprint density at radius 2 is 2.05 bits per heavy atom. The van der Waals surface area contributed by atoms with Crippen LogP contribution in [0, 0.1) is 11.8 Å². The Morgan fingerprint density at radius 3 is 2.67 bits per heavy atom. The molecule has 0 atom stereocenters. The summed E-state index contributed by atoms with van der Waals surface area (Å²) in [6.07, 6.45) is 3.47. The van der Waals surface area contributed by atoms with Crippen molar-refractivity contribution in [3.8, 4) is 11.8 Å². The van der Waals surface area contributed by atoms with E-state index in [0.717, 1.165) is 11.1 Å². The van der Waals surface area contributed by atoms with Crippen LogP contribution < -0.4 is 5.73 Å². The second kappa shape index (κ2) is 7.22. The van der Waals surface area contributed by atoms with E-state index in [0.29, 0.717) is 18.7 Å². The number of aromatic nitrogens is 1. The third-order valence-electron chi connectivity index (χ3n) is 2.96. The Bertz CT molecular complexity index is 654. The smallest absolute Gasteiger partial charge is 0.253 e. The molecule has 0 saturated heterocycles. The molecule has 0 aliphatic heterocycles. The van der Waals surface area contributed by atoms with Crippen molar-refractivity contribution in [3.63, 3.8) is 0 Å². The molecule has 4 heteroatoms. The van der Waals surface area contributed by atoms with Crippen LogP contribution in [-0.2, 0) is 6.54 Å². The van der Waals surface area contributed by atoms with Gasteiger partial charge < -0.3 is 10.6 Å². The number of pyridine rings is 1. The van der Waals surface area contributed by atoms with Gasteiger partial charge in [0.2, 0.25) is 0 Å². The maximum atomic E-state index is 12.3. The Labute approximate surface area is 124 Å². The third kappa shape index (κ3) is 4.16. The van der Waals surface area contributed by atoms with E-state index in [4.69, 9.17) is 5.73 Å². The molecule has 0 bridgehead atoms. The van der Waals surface area contributed by atoms with Gasteiger partial charge in [-0.25, -0.2) is 0 Å². The van der Waals surface area contributed by atoms with E-state index >= 15 is 0 Å². The van der Waals surface area contributed by atoms with Crippen molar-refractivity contribution in [3.05, 3.63) is 65.5 Å². The zero-order chi connectivity index (χ0) is 15.1. The molecule has 0 radical (unpaired) electrons. The molecular formula is C17H17N3O. The molecule has 2 aromatic rings. The van der Waals surface area contributed by atoms with Crippen molar-refractivity contribution in [1.82, 2.24) is 9.88 Å². The van der Waals surface area contributed by atoms with Crippen LogP contribution in [0.4, 0.5) is 0 Å². The number of nitrogens with zero attached hydrogens (tertiary/aromatic N) is 2. The zero-order valence-electron chi connectivity index (χ0n) is 11.9. The lowest BCUT2D eigenvalue weighted by Gasteiger charge is -2.17. The number of benzene rings is 1. The summed E-state index contributed by atoms with van der Waals surface area (Å²) in [6, 6.07) is 11.0. The van der Waals surface area contributed by atoms with Crippen LogP contribution in [0.5, 0.6) is 0 Å². The summed E-state index contributed by atoms with van der Waals surface area (Å²) < 4.78 is 0. The van der Waals surface area contributed by atoms with Crippen molar-refractivity contribution in [2.75, 3.05) is 13.6 Å². The van der Waals surface area contributed by atoms with Gasteiger partial charge in [-0.1, -0.05) is 17.9 Å². The number of rotatable bonds is 3. The Balaban J connectivity index is 2.05. The molecule has 0 aliphatic carbocycles. The standard InChI is InChI=1S/C17H17N3O/c1-20(13-15-5-3-11-19-12-15)17(21)16-8-6-14(7-9-16)4-2-10-18/h3,5-9,11-12H,10,13,18H2,1H3. The first-order chi connectivity index (χ1) is 10.2. The maximum absolute atomic E-state index is 12.3. The molecule has 2 N–H and O–H groups in total. The van der Waals surface area contributed by atoms with E-state index in [9.17, 15) is 4.79 Å². The SMILES string of the molecule is CN(Cc1cccnc1)C(=O)c1ccc(C#CCN)cc1. The topological polar surface area (TPSA) is 59.2 Å². The molecule has 0 spiro atoms. The molecule has 21 heavy (non-hydrogen) atoms. The minimum atomic E-state index is -0.0304. The van der Waals surface area contributed by atoms with Crippen LogP contribution in [0.2, 0.25) is 0 Å². The van der Waals surface area contributed by atoms with Crippen molar-refractivity contribution >= 4 is 5.91 Å². The zero-order valence-corrected chi connectivity index (χ0v) is 11.9. The first-order valence-corrected chi connectivity index (χ1v) is 6.64. The van der Waals surface area contributed by atoms with Crippen LogP contribution in [0.15, 0.2) is 48.8 Å². The fraction of sp³-hybridized carbons (Fsp3) is 0.176. The fourth-order valence-corrected chi connectivity index (χ4v) is 1.91. The van der Waals surface area contributed by atoms with E-state index < -0.39 is 0 Å². The number of carbonyl (C=O) groups is 1. The predicted molar refractivity (Wildman–Crippen MR) is 82.4 cm³/mol. The van der Waals surface area contributed by atoms with Crippen LogP contribution >= 0.6 is 0 Å². The van der Waals surface area contributed by atoms with Crippen molar-refractivity contribution < 1.29 is 4.79 Å². The van der Waals surface area contributed by atoms with E-state index in [-0.39, 0.29) is 5.91 Å². The molecule has 0 fully saturated rings. The van der Waals surface area contributed by atoms with Crippen LogP contribution in [0.3, 0.4) is 0 Å². The number of nitrogens with two attached hydrogens (primary N) is 1. The monoisotopic (exact) mass is 279 g/mol. The molecule has 1 amide bonds. The lowest BCUT2D eigenvalue weighted by molar-refractivity contribution is 0.0785. The highest BCUT2D eigenvalue weighted by atomic mass is 16.2. The van der Waals surface area contributed by atoms with Crippen LogP contribution in [0.1, 0.15) is 21.5 Å². The van der Waals surface area contributed by atoms with Crippen LogP contribution in [0.25, 0.3) is 0 Å². The summed E-state index contributed by atoms with van der Waals surface area (Å²) in [5.41, 5.74) is 7.82. The Hall–Kier alpha value is -2.64. The first kappa shape index (κ1) is 14.8. The Morgan fingerprint density at radius 1 is 1.29 bits per heavy atom. The van der Waals surface area contributed by atoms with Gasteiger partial charge in [0.05, 0.1) is 6.54 Å². The minimum Gasteiger partial charge on any atom is -0.337 e. The minimum absolute atomic E-state index is 0.0304. The number of hydrogen-bond donors (Lipinski definition) is 1. The molecule has 4 nitrogen and oxygen atoms in total. The first-order valence-electron chi connectivity index (χ1n) is 6.64. The average molecular weight is 279 g/mol. The Kier molecular flexibility index (Phi) is 5.08. The lowest BCUT2D eigenvalue weighted by Crippen LogP contribution is -2.26. The summed E-state index contributed by atoms with van der Waals surface area (Å²) >= 11 is 0. The van der Waals surface area contributed by atoms with Crippen molar-refractivity contribution in [2.24, 2.45) is 5.73 Å². The molecule has 0 saturated carbocycles.